The van der Waals surface area contributed by atoms with Crippen LogP contribution in [0.1, 0.15) is 60.9 Å². The van der Waals surface area contributed by atoms with E-state index in [-0.39, 0.29) is 5.41 Å². The van der Waals surface area contributed by atoms with Crippen LogP contribution in [0.3, 0.4) is 0 Å². The van der Waals surface area contributed by atoms with Crippen LogP contribution in [0.2, 0.25) is 0 Å². The van der Waals surface area contributed by atoms with Crippen molar-refractivity contribution in [3.05, 3.63) is 52.4 Å². The number of hydrogen-bond acceptors (Lipinski definition) is 3. The highest BCUT2D eigenvalue weighted by Gasteiger charge is 2.56. The molecule has 0 aliphatic heterocycles. The Morgan fingerprint density at radius 2 is 2.14 bits per heavy atom. The lowest BCUT2D eigenvalue weighted by atomic mass is 9.55. The maximum Gasteiger partial charge on any atom is 0.165 e. The molecule has 4 heteroatoms. The van der Waals surface area contributed by atoms with Crippen LogP contribution in [0.25, 0.3) is 6.08 Å². The first kappa shape index (κ1) is 17.7. The molecular formula is C24H28N2O2. The molecule has 1 N–H and O–H groups in total. The summed E-state index contributed by atoms with van der Waals surface area (Å²) in [6.07, 6.45) is 9.00. The van der Waals surface area contributed by atoms with Crippen molar-refractivity contribution in [3.8, 4) is 5.75 Å². The average Bonchev–Trinajstić information content (AvgIpc) is 3.13. The molecule has 2 saturated carbocycles. The molecule has 0 bridgehead atoms. The molecule has 2 aromatic rings. The number of rotatable bonds is 1. The van der Waals surface area contributed by atoms with Crippen molar-refractivity contribution >= 4 is 11.9 Å². The van der Waals surface area contributed by atoms with Gasteiger partial charge in [-0.1, -0.05) is 13.0 Å². The first-order valence-electron chi connectivity index (χ1n) is 10.4. The maximum atomic E-state index is 13.4. The SMILES string of the molecule is Cc1c(/C=C2/C[C@@H]3[C@@H]4CCc5cc(O)ccc5[C@H]4CC[C@@]3(C)C2=O)cnn1C. The van der Waals surface area contributed by atoms with Crippen LogP contribution >= 0.6 is 0 Å². The molecule has 3 aliphatic rings. The second-order valence-electron chi connectivity index (χ2n) is 9.27. The number of allylic oxidation sites excluding steroid dienone is 1. The Morgan fingerprint density at radius 3 is 2.89 bits per heavy atom. The summed E-state index contributed by atoms with van der Waals surface area (Å²) in [6, 6.07) is 5.89. The van der Waals surface area contributed by atoms with Gasteiger partial charge in [-0.2, -0.15) is 5.10 Å². The number of phenols is 1. The molecule has 0 unspecified atom stereocenters. The van der Waals surface area contributed by atoms with E-state index in [1.54, 1.807) is 0 Å². The van der Waals surface area contributed by atoms with E-state index >= 15 is 0 Å². The number of benzene rings is 1. The summed E-state index contributed by atoms with van der Waals surface area (Å²) in [6.45, 7) is 4.26. The van der Waals surface area contributed by atoms with Gasteiger partial charge in [0.1, 0.15) is 5.75 Å². The van der Waals surface area contributed by atoms with Crippen LogP contribution in [-0.4, -0.2) is 20.7 Å². The van der Waals surface area contributed by atoms with Crippen molar-refractivity contribution < 1.29 is 9.90 Å². The first-order chi connectivity index (χ1) is 13.4. The maximum absolute atomic E-state index is 13.4. The molecule has 0 spiro atoms. The van der Waals surface area contributed by atoms with Crippen LogP contribution in [-0.2, 0) is 18.3 Å². The number of nitrogens with zero attached hydrogens (tertiary/aromatic N) is 2. The third kappa shape index (κ3) is 2.43. The minimum Gasteiger partial charge on any atom is -0.508 e. The number of phenolic OH excluding ortho intramolecular Hbond substituents is 1. The van der Waals surface area contributed by atoms with Gasteiger partial charge in [-0.3, -0.25) is 9.48 Å². The van der Waals surface area contributed by atoms with E-state index in [1.807, 2.05) is 30.1 Å². The summed E-state index contributed by atoms with van der Waals surface area (Å²) >= 11 is 0. The van der Waals surface area contributed by atoms with Crippen molar-refractivity contribution in [3.63, 3.8) is 0 Å². The second kappa shape index (κ2) is 6.07. The van der Waals surface area contributed by atoms with Gasteiger partial charge >= 0.3 is 0 Å². The third-order valence-electron chi connectivity index (χ3n) is 7.95. The Labute approximate surface area is 166 Å². The van der Waals surface area contributed by atoms with Crippen molar-refractivity contribution in [1.82, 2.24) is 9.78 Å². The van der Waals surface area contributed by atoms with E-state index in [4.69, 9.17) is 0 Å². The summed E-state index contributed by atoms with van der Waals surface area (Å²) in [5.41, 5.74) is 5.64. The fourth-order valence-electron chi connectivity index (χ4n) is 6.21. The van der Waals surface area contributed by atoms with Gasteiger partial charge in [-0.15, -0.1) is 0 Å². The van der Waals surface area contributed by atoms with Crippen molar-refractivity contribution in [2.75, 3.05) is 0 Å². The Bertz CT molecular complexity index is 1000. The molecule has 1 aromatic heterocycles. The minimum atomic E-state index is -0.225. The molecule has 0 amide bonds. The van der Waals surface area contributed by atoms with E-state index in [0.717, 1.165) is 48.9 Å². The smallest absolute Gasteiger partial charge is 0.165 e. The van der Waals surface area contributed by atoms with Crippen LogP contribution < -0.4 is 0 Å². The molecule has 4 nitrogen and oxygen atoms in total. The number of carbonyl (C=O) groups excluding carboxylic acids is 1. The number of fused-ring (bicyclic) bond motifs is 5. The molecule has 4 atom stereocenters. The number of ketones is 1. The number of aromatic nitrogens is 2. The highest BCUT2D eigenvalue weighted by molar-refractivity contribution is 6.06. The number of hydrogen-bond donors (Lipinski definition) is 1. The van der Waals surface area contributed by atoms with Gasteiger partial charge < -0.3 is 5.11 Å². The van der Waals surface area contributed by atoms with E-state index in [1.165, 1.54) is 11.1 Å². The highest BCUT2D eigenvalue weighted by atomic mass is 16.3. The molecular weight excluding hydrogens is 348 g/mol. The summed E-state index contributed by atoms with van der Waals surface area (Å²) in [5, 5.41) is 14.2. The summed E-state index contributed by atoms with van der Waals surface area (Å²) in [4.78, 5) is 13.4. The first-order valence-corrected chi connectivity index (χ1v) is 10.4. The van der Waals surface area contributed by atoms with Crippen LogP contribution in [0, 0.1) is 24.2 Å². The molecule has 5 rings (SSSR count). The largest absolute Gasteiger partial charge is 0.508 e. The molecule has 0 radical (unpaired) electrons. The highest BCUT2D eigenvalue weighted by Crippen LogP contribution is 2.60. The quantitative estimate of drug-likeness (QED) is 0.743. The predicted molar refractivity (Wildman–Crippen MR) is 109 cm³/mol. The van der Waals surface area contributed by atoms with E-state index in [9.17, 15) is 9.90 Å². The zero-order valence-corrected chi connectivity index (χ0v) is 16.9. The number of Topliss-reactive ketones (excluding diaryl/α,β-unsaturated/α-hetero) is 1. The van der Waals surface area contributed by atoms with Crippen molar-refractivity contribution in [1.29, 1.82) is 0 Å². The zero-order valence-electron chi connectivity index (χ0n) is 16.9. The molecule has 1 aromatic carbocycles. The monoisotopic (exact) mass is 376 g/mol. The molecule has 0 saturated heterocycles. The lowest BCUT2D eigenvalue weighted by Crippen LogP contribution is -2.42. The number of aromatic hydroxyl groups is 1. The molecule has 2 fully saturated rings. The van der Waals surface area contributed by atoms with Gasteiger partial charge in [0.05, 0.1) is 6.20 Å². The average molecular weight is 377 g/mol. The Morgan fingerprint density at radius 1 is 1.32 bits per heavy atom. The summed E-state index contributed by atoms with van der Waals surface area (Å²) in [5.74, 6) is 2.22. The Hall–Kier alpha value is -2.36. The minimum absolute atomic E-state index is 0.225. The summed E-state index contributed by atoms with van der Waals surface area (Å²) < 4.78 is 1.87. The molecule has 1 heterocycles. The fraction of sp³-hybridized carbons (Fsp3) is 0.500. The fourth-order valence-corrected chi connectivity index (χ4v) is 6.21. The molecule has 146 valence electrons. The summed E-state index contributed by atoms with van der Waals surface area (Å²) in [7, 11) is 1.94. The lowest BCUT2D eigenvalue weighted by Gasteiger charge is -2.48. The van der Waals surface area contributed by atoms with Gasteiger partial charge in [0, 0.05) is 23.7 Å². The second-order valence-corrected chi connectivity index (χ2v) is 9.27. The molecule has 3 aliphatic carbocycles. The zero-order chi connectivity index (χ0) is 19.6. The van der Waals surface area contributed by atoms with E-state index in [0.29, 0.717) is 29.3 Å². The topological polar surface area (TPSA) is 55.1 Å². The number of aryl methyl sites for hydroxylation is 2. The molecule has 28 heavy (non-hydrogen) atoms. The van der Waals surface area contributed by atoms with Gasteiger partial charge in [0.2, 0.25) is 0 Å². The van der Waals surface area contributed by atoms with Crippen LogP contribution in [0.4, 0.5) is 0 Å². The number of carbonyl (C=O) groups is 1. The Balaban J connectivity index is 1.50. The normalized spacial score (nSPS) is 32.9. The van der Waals surface area contributed by atoms with Gasteiger partial charge in [-0.25, -0.2) is 0 Å². The van der Waals surface area contributed by atoms with Crippen molar-refractivity contribution in [2.24, 2.45) is 24.3 Å². The Kier molecular flexibility index (Phi) is 3.84. The predicted octanol–water partition coefficient (Wildman–Crippen LogP) is 4.55. The third-order valence-corrected chi connectivity index (χ3v) is 7.95. The van der Waals surface area contributed by atoms with Crippen LogP contribution in [0.5, 0.6) is 5.75 Å². The van der Waals surface area contributed by atoms with Gasteiger partial charge in [-0.05, 0) is 91.7 Å². The van der Waals surface area contributed by atoms with Gasteiger partial charge in [0.15, 0.2) is 5.78 Å². The standard InChI is InChI=1S/C24H28N2O2/c1-14-17(13-25-26(14)3)10-16-12-22-21-6-4-15-11-18(27)5-7-19(15)20(21)8-9-24(22,2)23(16)28/h5,7,10-11,13,20-22,27H,4,6,8-9,12H2,1-3H3/b16-10-/t20-,21-,22-,24-/m1/s1. The van der Waals surface area contributed by atoms with Crippen LogP contribution in [0.15, 0.2) is 30.0 Å². The van der Waals surface area contributed by atoms with E-state index in [2.05, 4.69) is 31.1 Å². The van der Waals surface area contributed by atoms with Gasteiger partial charge in [0.25, 0.3) is 0 Å². The lowest BCUT2D eigenvalue weighted by molar-refractivity contribution is -0.127. The van der Waals surface area contributed by atoms with Crippen molar-refractivity contribution in [2.45, 2.75) is 51.9 Å². The van der Waals surface area contributed by atoms with E-state index < -0.39 is 0 Å².